The van der Waals surface area contributed by atoms with Gasteiger partial charge in [-0.2, -0.15) is 4.98 Å². The summed E-state index contributed by atoms with van der Waals surface area (Å²) in [7, 11) is 0. The maximum atomic E-state index is 5.41. The number of benzene rings is 1. The van der Waals surface area contributed by atoms with Gasteiger partial charge in [0.15, 0.2) is 5.11 Å². The van der Waals surface area contributed by atoms with Crippen LogP contribution in [0.1, 0.15) is 36.6 Å². The van der Waals surface area contributed by atoms with Crippen LogP contribution in [0.5, 0.6) is 0 Å². The molecule has 2 heterocycles. The van der Waals surface area contributed by atoms with Crippen LogP contribution in [-0.4, -0.2) is 28.2 Å². The van der Waals surface area contributed by atoms with E-state index < -0.39 is 0 Å². The van der Waals surface area contributed by atoms with Crippen molar-refractivity contribution in [1.82, 2.24) is 15.3 Å². The summed E-state index contributed by atoms with van der Waals surface area (Å²) < 4.78 is 0. The first-order valence-electron chi connectivity index (χ1n) is 9.20. The van der Waals surface area contributed by atoms with Gasteiger partial charge in [0, 0.05) is 31.4 Å². The molecule has 1 saturated heterocycles. The fourth-order valence-corrected chi connectivity index (χ4v) is 3.36. The van der Waals surface area contributed by atoms with Crippen molar-refractivity contribution in [2.24, 2.45) is 5.92 Å². The van der Waals surface area contributed by atoms with Crippen molar-refractivity contribution in [3.63, 3.8) is 0 Å². The van der Waals surface area contributed by atoms with Crippen molar-refractivity contribution in [3.05, 3.63) is 47.2 Å². The molecule has 1 fully saturated rings. The first-order chi connectivity index (χ1) is 12.5. The third kappa shape index (κ3) is 5.14. The fraction of sp³-hybridized carbons (Fsp3) is 0.450. The Balaban J connectivity index is 1.61. The lowest BCUT2D eigenvalue weighted by Crippen LogP contribution is -2.35. The predicted molar refractivity (Wildman–Crippen MR) is 112 cm³/mol. The van der Waals surface area contributed by atoms with Crippen LogP contribution in [0.4, 0.5) is 11.8 Å². The highest BCUT2D eigenvalue weighted by Gasteiger charge is 2.18. The third-order valence-electron chi connectivity index (χ3n) is 4.62. The van der Waals surface area contributed by atoms with E-state index in [0.717, 1.165) is 24.6 Å². The molecule has 5 nitrogen and oxygen atoms in total. The van der Waals surface area contributed by atoms with Gasteiger partial charge in [-0.15, -0.1) is 0 Å². The van der Waals surface area contributed by atoms with Gasteiger partial charge in [-0.05, 0) is 50.4 Å². The van der Waals surface area contributed by atoms with Gasteiger partial charge >= 0.3 is 0 Å². The Hall–Kier alpha value is -2.21. The van der Waals surface area contributed by atoms with Crippen LogP contribution in [0.3, 0.4) is 0 Å². The topological polar surface area (TPSA) is 53.1 Å². The van der Waals surface area contributed by atoms with Gasteiger partial charge in [0.05, 0.1) is 0 Å². The number of nitrogens with zero attached hydrogens (tertiary/aromatic N) is 3. The minimum atomic E-state index is 0.536. The zero-order chi connectivity index (χ0) is 18.5. The van der Waals surface area contributed by atoms with E-state index in [1.807, 2.05) is 13.0 Å². The van der Waals surface area contributed by atoms with Crippen LogP contribution in [0.25, 0.3) is 0 Å². The van der Waals surface area contributed by atoms with E-state index in [0.29, 0.717) is 23.5 Å². The summed E-state index contributed by atoms with van der Waals surface area (Å²) in [5.74, 6) is 2.24. The molecule has 0 amide bonds. The number of aryl methyl sites for hydroxylation is 2. The number of nitrogens with one attached hydrogen (secondary N) is 2. The highest BCUT2D eigenvalue weighted by molar-refractivity contribution is 7.80. The number of anilines is 2. The molecule has 6 heteroatoms. The maximum Gasteiger partial charge on any atom is 0.231 e. The Bertz CT molecular complexity index is 759. The summed E-state index contributed by atoms with van der Waals surface area (Å²) in [4.78, 5) is 11.5. The van der Waals surface area contributed by atoms with Crippen molar-refractivity contribution in [2.45, 2.75) is 40.2 Å². The zero-order valence-electron chi connectivity index (χ0n) is 15.7. The van der Waals surface area contributed by atoms with Gasteiger partial charge in [-0.1, -0.05) is 36.8 Å². The molecular formula is C20H27N5S. The zero-order valence-corrected chi connectivity index (χ0v) is 16.6. The average molecular weight is 370 g/mol. The fourth-order valence-electron chi connectivity index (χ4n) is 3.20. The van der Waals surface area contributed by atoms with Crippen LogP contribution in [0.2, 0.25) is 0 Å². The minimum Gasteiger partial charge on any atom is -0.358 e. The molecule has 0 unspecified atom stereocenters. The van der Waals surface area contributed by atoms with E-state index in [-0.39, 0.29) is 0 Å². The molecule has 2 N–H and O–H groups in total. The summed E-state index contributed by atoms with van der Waals surface area (Å²) in [5, 5.41) is 6.88. The second-order valence-electron chi connectivity index (χ2n) is 7.18. The summed E-state index contributed by atoms with van der Waals surface area (Å²) in [6.07, 6.45) is 2.50. The van der Waals surface area contributed by atoms with E-state index in [1.54, 1.807) is 0 Å². The molecule has 0 saturated carbocycles. The van der Waals surface area contributed by atoms with Gasteiger partial charge in [0.2, 0.25) is 5.95 Å². The van der Waals surface area contributed by atoms with E-state index in [4.69, 9.17) is 12.2 Å². The van der Waals surface area contributed by atoms with Crippen molar-refractivity contribution in [1.29, 1.82) is 0 Å². The lowest BCUT2D eigenvalue weighted by atomic mass is 10.0. The third-order valence-corrected chi connectivity index (χ3v) is 4.87. The molecule has 1 aliphatic heterocycles. The number of hydrogen-bond donors (Lipinski definition) is 2. The van der Waals surface area contributed by atoms with E-state index in [9.17, 15) is 0 Å². The highest BCUT2D eigenvalue weighted by Crippen LogP contribution is 2.22. The van der Waals surface area contributed by atoms with E-state index in [2.05, 4.69) is 63.6 Å². The Morgan fingerprint density at radius 2 is 2.00 bits per heavy atom. The summed E-state index contributed by atoms with van der Waals surface area (Å²) >= 11 is 5.41. The second-order valence-corrected chi connectivity index (χ2v) is 7.59. The van der Waals surface area contributed by atoms with Gasteiger partial charge in [-0.25, -0.2) is 4.98 Å². The predicted octanol–water partition coefficient (Wildman–Crippen LogP) is 3.82. The Morgan fingerprint density at radius 3 is 2.73 bits per heavy atom. The molecule has 0 aliphatic carbocycles. The molecule has 2 aromatic rings. The average Bonchev–Trinajstić information content (AvgIpc) is 2.61. The lowest BCUT2D eigenvalue weighted by molar-refractivity contribution is 0.444. The molecule has 1 aliphatic rings. The molecule has 1 aromatic heterocycles. The first-order valence-corrected chi connectivity index (χ1v) is 9.61. The normalized spacial score (nSPS) is 17.0. The number of hydrogen-bond acceptors (Lipinski definition) is 4. The Morgan fingerprint density at radius 1 is 1.23 bits per heavy atom. The number of rotatable bonds is 4. The first kappa shape index (κ1) is 18.6. The molecule has 1 atom stereocenters. The molecule has 0 spiro atoms. The van der Waals surface area contributed by atoms with Gasteiger partial charge < -0.3 is 15.5 Å². The quantitative estimate of drug-likeness (QED) is 0.799. The Kier molecular flexibility index (Phi) is 6.04. The van der Waals surface area contributed by atoms with E-state index in [1.165, 1.54) is 24.0 Å². The molecule has 26 heavy (non-hydrogen) atoms. The van der Waals surface area contributed by atoms with Crippen LogP contribution in [0.15, 0.2) is 30.3 Å². The molecular weight excluding hydrogens is 342 g/mol. The smallest absolute Gasteiger partial charge is 0.231 e. The van der Waals surface area contributed by atoms with Crippen LogP contribution in [0, 0.1) is 19.8 Å². The maximum absolute atomic E-state index is 5.41. The van der Waals surface area contributed by atoms with E-state index >= 15 is 0 Å². The largest absolute Gasteiger partial charge is 0.358 e. The van der Waals surface area contributed by atoms with Gasteiger partial charge in [0.25, 0.3) is 0 Å². The minimum absolute atomic E-state index is 0.536. The van der Waals surface area contributed by atoms with Gasteiger partial charge in [0.1, 0.15) is 5.82 Å². The molecule has 1 aromatic carbocycles. The standard InChI is InChI=1S/C20H27N5S/c1-14-6-8-17(9-7-14)12-21-20(26)24-19-22-16(3)11-18(23-19)25-10-4-5-15(2)13-25/h6-9,11,15H,4-5,10,12-13H2,1-3H3,(H2,21,22,23,24,26)/t15-/m0/s1. The van der Waals surface area contributed by atoms with Crippen molar-refractivity contribution >= 4 is 29.1 Å². The SMILES string of the molecule is Cc1ccc(CNC(=S)Nc2nc(C)cc(N3CCC[C@H](C)C3)n2)cc1. The van der Waals surface area contributed by atoms with Crippen molar-refractivity contribution in [2.75, 3.05) is 23.3 Å². The van der Waals surface area contributed by atoms with Crippen LogP contribution < -0.4 is 15.5 Å². The van der Waals surface area contributed by atoms with Crippen LogP contribution >= 0.6 is 12.2 Å². The van der Waals surface area contributed by atoms with Gasteiger partial charge in [-0.3, -0.25) is 0 Å². The highest BCUT2D eigenvalue weighted by atomic mass is 32.1. The molecule has 3 rings (SSSR count). The summed E-state index contributed by atoms with van der Waals surface area (Å²) in [6.45, 7) is 9.14. The number of aromatic nitrogens is 2. The monoisotopic (exact) mass is 369 g/mol. The molecule has 138 valence electrons. The lowest BCUT2D eigenvalue weighted by Gasteiger charge is -2.32. The summed E-state index contributed by atoms with van der Waals surface area (Å²) in [6, 6.07) is 10.4. The second kappa shape index (κ2) is 8.45. The number of piperidine rings is 1. The Labute approximate surface area is 161 Å². The number of thiocarbonyl (C=S) groups is 1. The van der Waals surface area contributed by atoms with Crippen molar-refractivity contribution < 1.29 is 0 Å². The summed E-state index contributed by atoms with van der Waals surface area (Å²) in [5.41, 5.74) is 3.38. The van der Waals surface area contributed by atoms with Crippen molar-refractivity contribution in [3.8, 4) is 0 Å². The molecule has 0 radical (unpaired) electrons. The van der Waals surface area contributed by atoms with Crippen LogP contribution in [-0.2, 0) is 6.54 Å². The molecule has 0 bridgehead atoms.